The number of aryl methyl sites for hydroxylation is 1. The lowest BCUT2D eigenvalue weighted by Gasteiger charge is -1.99. The van der Waals surface area contributed by atoms with E-state index in [4.69, 9.17) is 10.3 Å². The molecule has 0 fully saturated rings. The molecule has 96 valence electrons. The third kappa shape index (κ3) is 2.86. The van der Waals surface area contributed by atoms with E-state index < -0.39 is 0 Å². The second kappa shape index (κ2) is 5.18. The number of nitrogen functional groups attached to an aromatic ring is 1. The van der Waals surface area contributed by atoms with Crippen LogP contribution in [0.15, 0.2) is 10.6 Å². The summed E-state index contributed by atoms with van der Waals surface area (Å²) in [4.78, 5) is 15.9. The minimum atomic E-state index is -0.0157. The number of aromatic nitrogens is 2. The van der Waals surface area contributed by atoms with E-state index in [1.165, 1.54) is 18.3 Å². The maximum absolute atomic E-state index is 11.2. The van der Waals surface area contributed by atoms with Crippen LogP contribution in [-0.4, -0.2) is 22.5 Å². The van der Waals surface area contributed by atoms with Gasteiger partial charge in [-0.25, -0.2) is 0 Å². The van der Waals surface area contributed by atoms with Gasteiger partial charge in [0, 0.05) is 19.9 Å². The van der Waals surface area contributed by atoms with E-state index in [1.807, 2.05) is 0 Å². The Bertz CT molecular complexity index is 561. The van der Waals surface area contributed by atoms with E-state index in [1.54, 1.807) is 13.0 Å². The number of anilines is 2. The summed E-state index contributed by atoms with van der Waals surface area (Å²) < 4.78 is 4.99. The molecule has 0 bridgehead atoms. The van der Waals surface area contributed by atoms with Gasteiger partial charge in [-0.3, -0.25) is 4.79 Å². The monoisotopic (exact) mass is 266 g/mol. The Kier molecular flexibility index (Phi) is 3.61. The highest BCUT2D eigenvalue weighted by molar-refractivity contribution is 7.18. The fraction of sp³-hybridized carbons (Fsp3) is 0.364. The first-order valence-electron chi connectivity index (χ1n) is 5.49. The van der Waals surface area contributed by atoms with Crippen molar-refractivity contribution in [3.63, 3.8) is 0 Å². The van der Waals surface area contributed by atoms with E-state index >= 15 is 0 Å². The number of carbonyl (C=O) groups excluding carboxylic acids is 1. The van der Waals surface area contributed by atoms with Crippen molar-refractivity contribution in [2.24, 2.45) is 0 Å². The van der Waals surface area contributed by atoms with Crippen molar-refractivity contribution >= 4 is 27.8 Å². The van der Waals surface area contributed by atoms with Crippen molar-refractivity contribution in [1.82, 2.24) is 10.1 Å². The molecule has 2 rings (SSSR count). The van der Waals surface area contributed by atoms with Gasteiger partial charge >= 0.3 is 0 Å². The molecule has 6 nitrogen and oxygen atoms in total. The Morgan fingerprint density at radius 3 is 2.94 bits per heavy atom. The first-order valence-corrected chi connectivity index (χ1v) is 6.31. The summed E-state index contributed by atoms with van der Waals surface area (Å²) in [5.74, 6) is 1.21. The van der Waals surface area contributed by atoms with Crippen molar-refractivity contribution < 1.29 is 9.32 Å². The van der Waals surface area contributed by atoms with Gasteiger partial charge in [0.05, 0.1) is 15.6 Å². The predicted molar refractivity (Wildman–Crippen MR) is 70.0 cm³/mol. The Hall–Kier alpha value is -1.89. The molecule has 2 heterocycles. The van der Waals surface area contributed by atoms with Gasteiger partial charge in [-0.2, -0.15) is 4.98 Å². The summed E-state index contributed by atoms with van der Waals surface area (Å²) in [6, 6.07) is 1.76. The van der Waals surface area contributed by atoms with Crippen LogP contribution < -0.4 is 11.1 Å². The molecule has 0 amide bonds. The molecule has 0 aliphatic rings. The number of hydrogen-bond acceptors (Lipinski definition) is 7. The molecule has 0 aromatic carbocycles. The molecule has 0 unspecified atom stereocenters. The maximum atomic E-state index is 11.2. The lowest BCUT2D eigenvalue weighted by molar-refractivity contribution is 0.102. The summed E-state index contributed by atoms with van der Waals surface area (Å²) >= 11 is 1.36. The molecule has 0 radical (unpaired) electrons. The Balaban J connectivity index is 1.90. The number of carbonyl (C=O) groups is 1. The lowest BCUT2D eigenvalue weighted by Crippen LogP contribution is -2.03. The standard InChI is InChI=1S/C11H14N4O2S/c1-6(16)11-8(12)5-10(18-11)13-4-3-9-14-7(2)15-17-9/h5,13H,3-4,12H2,1-2H3. The van der Waals surface area contributed by atoms with Crippen LogP contribution in [0.25, 0.3) is 0 Å². The highest BCUT2D eigenvalue weighted by atomic mass is 32.1. The number of rotatable bonds is 5. The third-order valence-corrected chi connectivity index (χ3v) is 3.50. The van der Waals surface area contributed by atoms with Gasteiger partial charge in [0.15, 0.2) is 11.6 Å². The molecule has 18 heavy (non-hydrogen) atoms. The number of hydrogen-bond donors (Lipinski definition) is 2. The predicted octanol–water partition coefficient (Wildman–Crippen LogP) is 1.88. The normalized spacial score (nSPS) is 10.6. The molecule has 7 heteroatoms. The molecular formula is C11H14N4O2S. The average molecular weight is 266 g/mol. The van der Waals surface area contributed by atoms with Crippen molar-refractivity contribution in [2.45, 2.75) is 20.3 Å². The van der Waals surface area contributed by atoms with Gasteiger partial charge < -0.3 is 15.6 Å². The van der Waals surface area contributed by atoms with Crippen LogP contribution in [-0.2, 0) is 6.42 Å². The second-order valence-corrected chi connectivity index (χ2v) is 4.92. The summed E-state index contributed by atoms with van der Waals surface area (Å²) in [6.45, 7) is 3.94. The van der Waals surface area contributed by atoms with Gasteiger partial charge in [-0.05, 0) is 13.0 Å². The van der Waals surface area contributed by atoms with E-state index in [9.17, 15) is 4.79 Å². The number of nitrogens with one attached hydrogen (secondary N) is 1. The largest absolute Gasteiger partial charge is 0.397 e. The third-order valence-electron chi connectivity index (χ3n) is 2.29. The quantitative estimate of drug-likeness (QED) is 0.802. The summed E-state index contributed by atoms with van der Waals surface area (Å²) in [5.41, 5.74) is 6.25. The van der Waals surface area contributed by atoms with Gasteiger partial charge in [-0.15, -0.1) is 11.3 Å². The Morgan fingerprint density at radius 1 is 1.61 bits per heavy atom. The van der Waals surface area contributed by atoms with Gasteiger partial charge in [-0.1, -0.05) is 5.16 Å². The molecule has 0 aliphatic heterocycles. The topological polar surface area (TPSA) is 94.0 Å². The van der Waals surface area contributed by atoms with Crippen LogP contribution in [0.4, 0.5) is 10.7 Å². The highest BCUT2D eigenvalue weighted by Crippen LogP contribution is 2.29. The van der Waals surface area contributed by atoms with Crippen LogP contribution >= 0.6 is 11.3 Å². The molecular weight excluding hydrogens is 252 g/mol. The minimum absolute atomic E-state index is 0.0157. The molecule has 2 aromatic heterocycles. The Morgan fingerprint density at radius 2 is 2.39 bits per heavy atom. The minimum Gasteiger partial charge on any atom is -0.397 e. The van der Waals surface area contributed by atoms with Crippen LogP contribution in [0.1, 0.15) is 28.3 Å². The fourth-order valence-corrected chi connectivity index (χ4v) is 2.40. The van der Waals surface area contributed by atoms with Crippen LogP contribution in [0.2, 0.25) is 0 Å². The molecule has 3 N–H and O–H groups in total. The van der Waals surface area contributed by atoms with Gasteiger partial charge in [0.25, 0.3) is 0 Å². The summed E-state index contributed by atoms with van der Waals surface area (Å²) in [6.07, 6.45) is 0.633. The molecule has 0 spiro atoms. The van der Waals surface area contributed by atoms with Crippen LogP contribution in [0, 0.1) is 6.92 Å². The number of ketones is 1. The van der Waals surface area contributed by atoms with E-state index in [2.05, 4.69) is 15.5 Å². The first kappa shape index (κ1) is 12.6. The zero-order valence-electron chi connectivity index (χ0n) is 10.2. The zero-order valence-corrected chi connectivity index (χ0v) is 11.0. The van der Waals surface area contributed by atoms with Crippen molar-refractivity contribution in [3.05, 3.63) is 22.7 Å². The van der Waals surface area contributed by atoms with Gasteiger partial charge in [0.2, 0.25) is 5.89 Å². The van der Waals surface area contributed by atoms with E-state index in [0.29, 0.717) is 35.2 Å². The molecule has 0 saturated carbocycles. The zero-order chi connectivity index (χ0) is 13.1. The smallest absolute Gasteiger partial charge is 0.228 e. The van der Waals surface area contributed by atoms with E-state index in [-0.39, 0.29) is 5.78 Å². The molecule has 2 aromatic rings. The number of Topliss-reactive ketones (excluding diaryl/α,β-unsaturated/α-hetero) is 1. The van der Waals surface area contributed by atoms with Crippen LogP contribution in [0.5, 0.6) is 0 Å². The van der Waals surface area contributed by atoms with Crippen molar-refractivity contribution in [2.75, 3.05) is 17.6 Å². The summed E-state index contributed by atoms with van der Waals surface area (Å²) in [5, 5.41) is 7.75. The number of thiophene rings is 1. The van der Waals surface area contributed by atoms with Gasteiger partial charge in [0.1, 0.15) is 0 Å². The van der Waals surface area contributed by atoms with Crippen molar-refractivity contribution in [3.8, 4) is 0 Å². The fourth-order valence-electron chi connectivity index (χ4n) is 1.50. The van der Waals surface area contributed by atoms with Crippen LogP contribution in [0.3, 0.4) is 0 Å². The molecule has 0 aliphatic carbocycles. The Labute approximate surface area is 108 Å². The second-order valence-electron chi connectivity index (χ2n) is 3.86. The van der Waals surface area contributed by atoms with Crippen molar-refractivity contribution in [1.29, 1.82) is 0 Å². The first-order chi connectivity index (χ1) is 8.56. The van der Waals surface area contributed by atoms with E-state index in [0.717, 1.165) is 5.00 Å². The average Bonchev–Trinajstić information content (AvgIpc) is 2.85. The lowest BCUT2D eigenvalue weighted by atomic mass is 10.3. The summed E-state index contributed by atoms with van der Waals surface area (Å²) in [7, 11) is 0. The highest BCUT2D eigenvalue weighted by Gasteiger charge is 2.10. The molecule has 0 atom stereocenters. The number of nitrogens with zero attached hydrogens (tertiary/aromatic N) is 2. The number of nitrogens with two attached hydrogens (primary N) is 1. The molecule has 0 saturated heterocycles. The maximum Gasteiger partial charge on any atom is 0.228 e. The SMILES string of the molecule is CC(=O)c1sc(NCCc2nc(C)no2)cc1N.